The number of thiophene rings is 4. The maximum Gasteiger partial charge on any atom is 0.323 e. The van der Waals surface area contributed by atoms with Crippen molar-refractivity contribution in [3.63, 3.8) is 0 Å². The first-order valence-corrected chi connectivity index (χ1v) is 36.8. The molecule has 0 aliphatic heterocycles. The van der Waals surface area contributed by atoms with Crippen LogP contribution in [0.4, 0.5) is 64.7 Å². The lowest BCUT2D eigenvalue weighted by Gasteiger charge is -2.15. The average Bonchev–Trinajstić information content (AvgIpc) is 1.66. The molecule has 8 amide bonds. The Hall–Kier alpha value is -5.66. The van der Waals surface area contributed by atoms with Gasteiger partial charge in [0.1, 0.15) is 0 Å². The van der Waals surface area contributed by atoms with Gasteiger partial charge in [0.15, 0.2) is 35.6 Å². The number of benzene rings is 4. The molecule has 0 radical (unpaired) electrons. The van der Waals surface area contributed by atoms with Gasteiger partial charge in [0.25, 0.3) is 29.1 Å². The van der Waals surface area contributed by atoms with Crippen molar-refractivity contribution in [2.24, 2.45) is 0 Å². The molecular weight excluding hydrogens is 1530 g/mol. The molecule has 24 nitrogen and oxygen atoms in total. The van der Waals surface area contributed by atoms with Crippen LogP contribution in [-0.2, 0) is 29.1 Å². The molecule has 0 saturated heterocycles. The van der Waals surface area contributed by atoms with Crippen molar-refractivity contribution < 1.29 is 64.1 Å². The molecule has 0 unspecified atom stereocenters. The lowest BCUT2D eigenvalue weighted by atomic mass is 10.3. The molecule has 0 saturated carbocycles. The third kappa shape index (κ3) is 20.4. The van der Waals surface area contributed by atoms with Crippen LogP contribution in [-0.4, -0.2) is 110 Å². The number of hydrogen-bond donors (Lipinski definition) is 10. The number of sulfonamides is 2. The number of urea groups is 4. The van der Waals surface area contributed by atoms with E-state index >= 15 is 0 Å². The van der Waals surface area contributed by atoms with Gasteiger partial charge >= 0.3 is 24.1 Å². The number of ether oxygens (including phenoxy) is 2. The predicted molar refractivity (Wildman–Crippen MR) is 374 cm³/mol. The van der Waals surface area contributed by atoms with Crippen molar-refractivity contribution in [2.45, 2.75) is 26.5 Å². The number of anilines is 8. The van der Waals surface area contributed by atoms with E-state index in [-0.39, 0.29) is 74.3 Å². The molecule has 0 aliphatic rings. The van der Waals surface area contributed by atoms with Crippen LogP contribution in [0.3, 0.4) is 0 Å². The third-order valence-electron chi connectivity index (χ3n) is 11.4. The molecule has 4 aromatic carbocycles. The van der Waals surface area contributed by atoms with Crippen LogP contribution in [0.5, 0.6) is 23.0 Å². The fraction of sp³-hybridized carbons (Fsp3) is 0.154. The van der Waals surface area contributed by atoms with E-state index < -0.39 is 68.9 Å². The summed E-state index contributed by atoms with van der Waals surface area (Å²) < 4.78 is 83.8. The van der Waals surface area contributed by atoms with Gasteiger partial charge in [-0.05, 0) is 48.5 Å². The van der Waals surface area contributed by atoms with Gasteiger partial charge in [0.2, 0.25) is 0 Å². The highest BCUT2D eigenvalue weighted by Gasteiger charge is 2.30. The number of halogens is 9. The summed E-state index contributed by atoms with van der Waals surface area (Å²) in [6.07, 6.45) is 0. The van der Waals surface area contributed by atoms with Gasteiger partial charge in [0.05, 0.1) is 99.9 Å². The van der Waals surface area contributed by atoms with E-state index in [4.69, 9.17) is 113 Å². The number of nitrogens with zero attached hydrogens (tertiary/aromatic N) is 2. The summed E-state index contributed by atoms with van der Waals surface area (Å²) in [5.74, 6) is -0.468. The van der Waals surface area contributed by atoms with E-state index in [1.54, 1.807) is 98.4 Å². The van der Waals surface area contributed by atoms with Crippen molar-refractivity contribution in [1.29, 1.82) is 0 Å². The van der Waals surface area contributed by atoms with Gasteiger partial charge in [0, 0.05) is 64.8 Å². The lowest BCUT2D eigenvalue weighted by molar-refractivity contribution is 0.261. The largest absolute Gasteiger partial charge is 0.504 e. The van der Waals surface area contributed by atoms with E-state index in [1.165, 1.54) is 59.1 Å². The molecule has 0 spiro atoms. The number of rotatable bonds is 17. The topological polar surface area (TPSA) is 332 Å². The second kappa shape index (κ2) is 34.7. The minimum absolute atomic E-state index is 0.0143. The van der Waals surface area contributed by atoms with Gasteiger partial charge in [-0.1, -0.05) is 131 Å². The molecule has 40 heteroatoms. The Bertz CT molecular complexity index is 4330. The SMILES string of the molecule is CCN(C)S(=O)(=O)c1scc(NC(=O)Nc2cccc(Cl)c2Cl)c1O.CCN(C)S(=O)(=O)c1scc(NC(=O)Nc2cccc(Cl)c2Cl)c1OC.COc1cscc1NC(=O)Nc1cccc(Cl)c1Cl.O=C(Nc1csc(S(=O)(=O)Cl)c1O)Nc1cccc(Cl)c1Cl. The minimum atomic E-state index is -4.09. The van der Waals surface area contributed by atoms with Gasteiger partial charge in [-0.15, -0.1) is 45.3 Å². The Morgan fingerprint density at radius 2 is 0.739 bits per heavy atom. The Labute approximate surface area is 588 Å². The molecule has 4 aromatic heterocycles. The molecule has 10 N–H and O–H groups in total. The summed E-state index contributed by atoms with van der Waals surface area (Å²) in [5, 5.41) is 49.5. The highest BCUT2D eigenvalue weighted by Crippen LogP contribution is 2.43. The van der Waals surface area contributed by atoms with Crippen LogP contribution >= 0.6 is 149 Å². The first-order valence-electron chi connectivity index (χ1n) is 25.0. The molecule has 0 bridgehead atoms. The van der Waals surface area contributed by atoms with Crippen LogP contribution < -0.4 is 52.0 Å². The van der Waals surface area contributed by atoms with Crippen molar-refractivity contribution in [2.75, 3.05) is 83.9 Å². The van der Waals surface area contributed by atoms with Crippen molar-refractivity contribution in [1.82, 2.24) is 8.61 Å². The summed E-state index contributed by atoms with van der Waals surface area (Å²) >= 11 is 51.2. The summed E-state index contributed by atoms with van der Waals surface area (Å²) in [6, 6.07) is 16.8. The first kappa shape index (κ1) is 77.0. The van der Waals surface area contributed by atoms with Crippen LogP contribution in [0, 0.1) is 0 Å². The van der Waals surface area contributed by atoms with Crippen LogP contribution in [0.2, 0.25) is 40.2 Å². The average molecular weight is 1580 g/mol. The summed E-state index contributed by atoms with van der Waals surface area (Å²) in [5.41, 5.74) is 2.01. The Balaban J connectivity index is 0.000000224. The van der Waals surface area contributed by atoms with E-state index in [0.717, 1.165) is 27.0 Å². The van der Waals surface area contributed by atoms with Crippen LogP contribution in [0.25, 0.3) is 0 Å². The van der Waals surface area contributed by atoms with Crippen LogP contribution in [0.15, 0.2) is 112 Å². The maximum atomic E-state index is 12.5. The number of methoxy groups -OCH3 is 2. The van der Waals surface area contributed by atoms with Gasteiger partial charge in [-0.3, -0.25) is 0 Å². The van der Waals surface area contributed by atoms with E-state index in [9.17, 15) is 54.6 Å². The summed E-state index contributed by atoms with van der Waals surface area (Å²) in [6.45, 7) is 3.94. The number of carbonyl (C=O) groups is 4. The predicted octanol–water partition coefficient (Wildman–Crippen LogP) is 17.4. The van der Waals surface area contributed by atoms with E-state index in [0.29, 0.717) is 55.8 Å². The Morgan fingerprint density at radius 1 is 0.435 bits per heavy atom. The molecule has 0 fully saturated rings. The maximum absolute atomic E-state index is 12.5. The van der Waals surface area contributed by atoms with Gasteiger partial charge < -0.3 is 62.2 Å². The second-order valence-electron chi connectivity index (χ2n) is 17.4. The fourth-order valence-electron chi connectivity index (χ4n) is 6.65. The molecule has 92 heavy (non-hydrogen) atoms. The zero-order valence-electron chi connectivity index (χ0n) is 47.7. The van der Waals surface area contributed by atoms with Crippen molar-refractivity contribution >= 4 is 248 Å². The molecule has 8 aromatic rings. The van der Waals surface area contributed by atoms with Gasteiger partial charge in [-0.25, -0.2) is 53.0 Å². The van der Waals surface area contributed by atoms with Crippen molar-refractivity contribution in [3.8, 4) is 23.0 Å². The highest BCUT2D eigenvalue weighted by molar-refractivity contribution is 8.15. The third-order valence-corrected chi connectivity index (χ3v) is 25.3. The fourth-order valence-corrected chi connectivity index (χ4v) is 16.2. The Morgan fingerprint density at radius 3 is 1.08 bits per heavy atom. The summed E-state index contributed by atoms with van der Waals surface area (Å²) in [7, 11) is -0.717. The number of aromatic hydroxyl groups is 2. The molecule has 0 aliphatic carbocycles. The monoisotopic (exact) mass is 1580 g/mol. The van der Waals surface area contributed by atoms with E-state index in [1.807, 2.05) is 0 Å². The zero-order chi connectivity index (χ0) is 68.6. The Kier molecular flexibility index (Phi) is 29.0. The van der Waals surface area contributed by atoms with E-state index in [2.05, 4.69) is 42.5 Å². The van der Waals surface area contributed by atoms with Crippen molar-refractivity contribution in [3.05, 3.63) is 140 Å². The molecule has 0 atom stereocenters. The van der Waals surface area contributed by atoms with Crippen LogP contribution in [0.1, 0.15) is 13.8 Å². The lowest BCUT2D eigenvalue weighted by Crippen LogP contribution is -2.26. The highest BCUT2D eigenvalue weighted by atomic mass is 35.7. The smallest absolute Gasteiger partial charge is 0.323 e. The second-order valence-corrected chi connectivity index (χ2v) is 31.2. The number of amides is 8. The quantitative estimate of drug-likeness (QED) is 0.0379. The molecule has 8 rings (SSSR count). The normalized spacial score (nSPS) is 11.1. The standard InChI is InChI=1S/C15H17Cl2N3O4S2.C14H15Cl2N3O4S2.C12H10Cl2N2O2S.C11H7Cl3N2O4S2/c1-4-20(2)26(22,23)14-13(24-3)11(8-25-14)19-15(21)18-10-7-5-6-9(16)12(10)17;1-3-19(2)25(22,23)13-12(20)10(7-24-13)18-14(21)17-9-6-4-5-8(15)11(9)16;1-18-10-6-19-5-9(10)16-12(17)15-8-4-2-3-7(13)11(8)14;12-5-2-1-3-6(8(5)13)15-11(18)16-7-4-21-10(9(7)17)22(14,19)20/h5-8H,4H2,1-3H3,(H2,18,19,21);4-7,20H,3H2,1-2H3,(H2,17,18,21);2-6H,1H3,(H2,15,16,17);1-4,17H,(H2,15,16,18). The van der Waals surface area contributed by atoms with Gasteiger partial charge in [-0.2, -0.15) is 0 Å². The first-order chi connectivity index (χ1) is 43.2. The summed E-state index contributed by atoms with van der Waals surface area (Å²) in [4.78, 5) is 48.0. The number of nitrogens with one attached hydrogen (secondary N) is 8. The molecule has 496 valence electrons. The molecule has 4 heterocycles. The molecular formula is C52H49Cl9N10O14S7. The number of carbonyl (C=O) groups excluding carboxylic acids is 4. The minimum Gasteiger partial charge on any atom is -0.504 e. The zero-order valence-corrected chi connectivity index (χ0v) is 60.2. The number of hydrogen-bond acceptors (Lipinski definition) is 18.